The second-order valence-electron chi connectivity index (χ2n) is 10.9. The van der Waals surface area contributed by atoms with E-state index >= 15 is 0 Å². The number of rotatable bonds is 2. The van der Waals surface area contributed by atoms with Gasteiger partial charge in [-0.3, -0.25) is 0 Å². The summed E-state index contributed by atoms with van der Waals surface area (Å²) in [7, 11) is -0.324. The van der Waals surface area contributed by atoms with Crippen LogP contribution in [0.1, 0.15) is 75.2 Å². The second-order valence-corrected chi connectivity index (χ2v) is 10.9. The lowest BCUT2D eigenvalue weighted by Crippen LogP contribution is -2.71. The van der Waals surface area contributed by atoms with Crippen molar-refractivity contribution in [1.29, 1.82) is 0 Å². The van der Waals surface area contributed by atoms with E-state index in [2.05, 4.69) is 62.3 Å². The fourth-order valence-electron chi connectivity index (χ4n) is 5.34. The van der Waals surface area contributed by atoms with Gasteiger partial charge in [-0.1, -0.05) is 6.92 Å². The molecule has 2 bridgehead atoms. The molecule has 0 spiro atoms. The van der Waals surface area contributed by atoms with Crippen LogP contribution in [0.4, 0.5) is 0 Å². The number of hydrogen-bond donors (Lipinski definition) is 0. The molecule has 0 aromatic heterocycles. The van der Waals surface area contributed by atoms with Crippen molar-refractivity contribution < 1.29 is 18.6 Å². The van der Waals surface area contributed by atoms with Gasteiger partial charge in [-0.2, -0.15) is 0 Å². The maximum absolute atomic E-state index is 6.41. The Balaban J connectivity index is 1.59. The van der Waals surface area contributed by atoms with Gasteiger partial charge in [0.15, 0.2) is 0 Å². The molecule has 6 heteroatoms. The van der Waals surface area contributed by atoms with Crippen LogP contribution in [0.2, 0.25) is 11.1 Å². The predicted octanol–water partition coefficient (Wildman–Crippen LogP) is 4.10. The monoisotopic (exact) mass is 334 g/mol. The molecule has 0 aromatic rings. The van der Waals surface area contributed by atoms with Crippen LogP contribution in [0.5, 0.6) is 0 Å². The summed E-state index contributed by atoms with van der Waals surface area (Å²) in [5.74, 6) is 0.348. The Morgan fingerprint density at radius 1 is 0.625 bits per heavy atom. The summed E-state index contributed by atoms with van der Waals surface area (Å²) in [6, 6.07) is 0. The van der Waals surface area contributed by atoms with Crippen LogP contribution in [0, 0.1) is 5.41 Å². The van der Waals surface area contributed by atoms with Crippen LogP contribution in [-0.2, 0) is 18.6 Å². The van der Waals surface area contributed by atoms with Crippen LogP contribution >= 0.6 is 0 Å². The Morgan fingerprint density at radius 3 is 1.38 bits per heavy atom. The Bertz CT molecular complexity index is 546. The van der Waals surface area contributed by atoms with Gasteiger partial charge in [0.05, 0.1) is 22.4 Å². The standard InChI is InChI=1S/C18H32B2O4/c1-13(2)14(3,4)22-19(21-13)12-17(9)10-18(12,11-17)20-23-15(5,6)16(7,8)24-20/h12H,10-11H2,1-9H3/t12-,17?,18?/m0/s1. The third-order valence-electron chi connectivity index (χ3n) is 8.10. The predicted molar refractivity (Wildman–Crippen MR) is 95.9 cm³/mol. The highest BCUT2D eigenvalue weighted by molar-refractivity contribution is 6.59. The van der Waals surface area contributed by atoms with Gasteiger partial charge in [0, 0.05) is 11.1 Å². The fraction of sp³-hybridized carbons (Fsp3) is 1.00. The van der Waals surface area contributed by atoms with E-state index in [1.807, 2.05) is 0 Å². The Hall–Kier alpha value is -0.0301. The maximum Gasteiger partial charge on any atom is 0.464 e. The molecule has 0 unspecified atom stereocenters. The largest absolute Gasteiger partial charge is 0.464 e. The Morgan fingerprint density at radius 2 is 1.00 bits per heavy atom. The molecule has 3 saturated carbocycles. The minimum Gasteiger partial charge on any atom is -0.403 e. The molecule has 5 aliphatic rings. The lowest BCUT2D eigenvalue weighted by molar-refractivity contribution is -0.107. The molecule has 2 heterocycles. The van der Waals surface area contributed by atoms with Gasteiger partial charge in [-0.25, -0.2) is 0 Å². The van der Waals surface area contributed by atoms with Crippen molar-refractivity contribution in [3.63, 3.8) is 0 Å². The topological polar surface area (TPSA) is 36.9 Å². The van der Waals surface area contributed by atoms with Crippen molar-refractivity contribution in [2.24, 2.45) is 5.41 Å². The van der Waals surface area contributed by atoms with E-state index in [0.717, 1.165) is 12.8 Å². The summed E-state index contributed by atoms with van der Waals surface area (Å²) < 4.78 is 25.6. The molecule has 5 rings (SSSR count). The fourth-order valence-corrected chi connectivity index (χ4v) is 5.34. The van der Waals surface area contributed by atoms with Gasteiger partial charge in [0.2, 0.25) is 0 Å². The molecule has 5 fully saturated rings. The van der Waals surface area contributed by atoms with Gasteiger partial charge < -0.3 is 18.6 Å². The molecular formula is C18H32B2O4. The van der Waals surface area contributed by atoms with Crippen molar-refractivity contribution in [2.45, 2.75) is 109 Å². The summed E-state index contributed by atoms with van der Waals surface area (Å²) in [4.78, 5) is 0. The van der Waals surface area contributed by atoms with Crippen molar-refractivity contribution in [3.8, 4) is 0 Å². The molecule has 0 aromatic carbocycles. The molecule has 0 radical (unpaired) electrons. The molecule has 3 aliphatic carbocycles. The van der Waals surface area contributed by atoms with Crippen molar-refractivity contribution in [1.82, 2.24) is 0 Å². The highest BCUT2D eigenvalue weighted by Gasteiger charge is 2.84. The van der Waals surface area contributed by atoms with Crippen LogP contribution in [0.15, 0.2) is 0 Å². The van der Waals surface area contributed by atoms with Crippen LogP contribution < -0.4 is 0 Å². The van der Waals surface area contributed by atoms with E-state index in [9.17, 15) is 0 Å². The van der Waals surface area contributed by atoms with E-state index in [-0.39, 0.29) is 42.0 Å². The zero-order valence-electron chi connectivity index (χ0n) is 16.8. The minimum atomic E-state index is -0.285. The van der Waals surface area contributed by atoms with Crippen LogP contribution in [0.3, 0.4) is 0 Å². The van der Waals surface area contributed by atoms with Crippen LogP contribution in [-0.4, -0.2) is 36.6 Å². The Labute approximate surface area is 147 Å². The van der Waals surface area contributed by atoms with Gasteiger partial charge in [-0.15, -0.1) is 0 Å². The molecule has 0 amide bonds. The molecular weight excluding hydrogens is 302 g/mol. The van der Waals surface area contributed by atoms with Crippen LogP contribution in [0.25, 0.3) is 0 Å². The average Bonchev–Trinajstić information content (AvgIpc) is 2.63. The third-order valence-corrected chi connectivity index (χ3v) is 8.10. The smallest absolute Gasteiger partial charge is 0.403 e. The first-order valence-corrected chi connectivity index (χ1v) is 9.37. The first-order valence-electron chi connectivity index (χ1n) is 9.37. The molecule has 2 saturated heterocycles. The third kappa shape index (κ3) is 1.87. The molecule has 2 aliphatic heterocycles. The maximum atomic E-state index is 6.41. The van der Waals surface area contributed by atoms with E-state index in [1.165, 1.54) is 0 Å². The van der Waals surface area contributed by atoms with Gasteiger partial charge in [-0.05, 0) is 73.6 Å². The first-order chi connectivity index (χ1) is 10.7. The summed E-state index contributed by atoms with van der Waals surface area (Å²) in [5.41, 5.74) is -0.839. The zero-order chi connectivity index (χ0) is 18.0. The number of hydrogen-bond acceptors (Lipinski definition) is 4. The van der Waals surface area contributed by atoms with Gasteiger partial charge in [0.25, 0.3) is 0 Å². The van der Waals surface area contributed by atoms with Crippen molar-refractivity contribution in [2.75, 3.05) is 0 Å². The van der Waals surface area contributed by atoms with E-state index in [0.29, 0.717) is 11.2 Å². The molecule has 24 heavy (non-hydrogen) atoms. The minimum absolute atomic E-state index is 0.0426. The van der Waals surface area contributed by atoms with E-state index in [4.69, 9.17) is 18.6 Å². The normalized spacial score (nSPS) is 46.6. The van der Waals surface area contributed by atoms with Gasteiger partial charge >= 0.3 is 14.2 Å². The summed E-state index contributed by atoms with van der Waals surface area (Å²) >= 11 is 0. The van der Waals surface area contributed by atoms with E-state index in [1.54, 1.807) is 0 Å². The Kier molecular flexibility index (Phi) is 3.09. The summed E-state index contributed by atoms with van der Waals surface area (Å²) in [6.45, 7) is 19.4. The van der Waals surface area contributed by atoms with E-state index < -0.39 is 0 Å². The quantitative estimate of drug-likeness (QED) is 0.713. The summed E-state index contributed by atoms with van der Waals surface area (Å²) in [6.07, 6.45) is 2.29. The highest BCUT2D eigenvalue weighted by Crippen LogP contribution is 2.88. The lowest BCUT2D eigenvalue weighted by atomic mass is 9.14. The van der Waals surface area contributed by atoms with Crippen molar-refractivity contribution in [3.05, 3.63) is 0 Å². The summed E-state index contributed by atoms with van der Waals surface area (Å²) in [5, 5.41) is 0.0426. The lowest BCUT2D eigenvalue weighted by Gasteiger charge is -2.76. The molecule has 134 valence electrons. The zero-order valence-corrected chi connectivity index (χ0v) is 16.8. The first kappa shape index (κ1) is 17.4. The molecule has 0 N–H and O–H groups in total. The van der Waals surface area contributed by atoms with Gasteiger partial charge in [0.1, 0.15) is 0 Å². The molecule has 4 nitrogen and oxygen atoms in total. The second kappa shape index (κ2) is 4.27. The van der Waals surface area contributed by atoms with Crippen molar-refractivity contribution >= 4 is 14.2 Å². The highest BCUT2D eigenvalue weighted by atomic mass is 16.7. The SMILES string of the molecule is CC12CC(B3OC(C)(C)C(C)(C)O3)(C1)[C@H]2B1OC(C)(C)C(C)(C)O1. The molecule has 1 atom stereocenters. The average molecular weight is 334 g/mol.